The maximum atomic E-state index is 13.5. The molecule has 190 valence electrons. The van der Waals surface area contributed by atoms with Crippen LogP contribution in [0.25, 0.3) is 17.0 Å². The molecule has 0 aliphatic carbocycles. The van der Waals surface area contributed by atoms with Gasteiger partial charge in [-0.25, -0.2) is 19.8 Å². The van der Waals surface area contributed by atoms with Crippen LogP contribution in [0.4, 0.5) is 15.9 Å². The number of amides is 1. The number of nitrogens with one attached hydrogen (secondary N) is 2. The van der Waals surface area contributed by atoms with E-state index in [9.17, 15) is 9.18 Å². The van der Waals surface area contributed by atoms with Gasteiger partial charge in [0.1, 0.15) is 36.9 Å². The minimum absolute atomic E-state index is 0.00532. The number of carbonyl (C=O) groups excluding carboxylic acids is 1. The molecule has 9 nitrogen and oxygen atoms in total. The SMILES string of the molecule is COc1cc2ncnc(Nc3ccc(F)c(Cl)c3)c2cc1OCCOc1ccc(C=CC(=O)NO)cc1. The number of hydrogen-bond donors (Lipinski definition) is 3. The van der Waals surface area contributed by atoms with Gasteiger partial charge >= 0.3 is 0 Å². The Balaban J connectivity index is 1.43. The fourth-order valence-corrected chi connectivity index (χ4v) is 3.52. The molecule has 0 saturated heterocycles. The minimum atomic E-state index is -0.615. The number of aromatic nitrogens is 2. The largest absolute Gasteiger partial charge is 0.493 e. The Morgan fingerprint density at radius 3 is 2.57 bits per heavy atom. The molecule has 4 rings (SSSR count). The number of anilines is 2. The molecule has 4 aromatic rings. The third-order valence-electron chi connectivity index (χ3n) is 5.13. The number of nitrogens with zero attached hydrogens (tertiary/aromatic N) is 2. The van der Waals surface area contributed by atoms with Crippen molar-refractivity contribution < 1.29 is 28.6 Å². The summed E-state index contributed by atoms with van der Waals surface area (Å²) in [6.45, 7) is 0.484. The predicted molar refractivity (Wildman–Crippen MR) is 137 cm³/mol. The van der Waals surface area contributed by atoms with Crippen LogP contribution in [0.1, 0.15) is 5.56 Å². The Bertz CT molecular complexity index is 1430. The molecular weight excluding hydrogens is 503 g/mol. The van der Waals surface area contributed by atoms with E-state index in [1.165, 1.54) is 37.1 Å². The van der Waals surface area contributed by atoms with E-state index in [0.29, 0.717) is 39.7 Å². The number of halogens is 2. The molecule has 0 atom stereocenters. The molecule has 1 amide bonds. The average Bonchev–Trinajstić information content (AvgIpc) is 2.92. The zero-order chi connectivity index (χ0) is 26.2. The first-order valence-corrected chi connectivity index (χ1v) is 11.4. The lowest BCUT2D eigenvalue weighted by Gasteiger charge is -2.14. The van der Waals surface area contributed by atoms with Crippen molar-refractivity contribution in [2.45, 2.75) is 0 Å². The first kappa shape index (κ1) is 25.7. The highest BCUT2D eigenvalue weighted by atomic mass is 35.5. The normalized spacial score (nSPS) is 10.9. The van der Waals surface area contributed by atoms with Crippen LogP contribution >= 0.6 is 11.6 Å². The van der Waals surface area contributed by atoms with Gasteiger partial charge in [0, 0.05) is 23.2 Å². The van der Waals surface area contributed by atoms with E-state index in [-0.39, 0.29) is 18.2 Å². The highest BCUT2D eigenvalue weighted by Crippen LogP contribution is 2.35. The van der Waals surface area contributed by atoms with Gasteiger partial charge in [0.2, 0.25) is 0 Å². The zero-order valence-electron chi connectivity index (χ0n) is 19.6. The first-order chi connectivity index (χ1) is 18.0. The number of ether oxygens (including phenoxy) is 3. The number of methoxy groups -OCH3 is 1. The summed E-state index contributed by atoms with van der Waals surface area (Å²) in [7, 11) is 1.53. The number of hydroxylamine groups is 1. The maximum Gasteiger partial charge on any atom is 0.267 e. The van der Waals surface area contributed by atoms with Crippen molar-refractivity contribution in [1.29, 1.82) is 0 Å². The molecule has 0 aliphatic heterocycles. The lowest BCUT2D eigenvalue weighted by Crippen LogP contribution is -2.14. The summed E-state index contributed by atoms with van der Waals surface area (Å²) in [5.41, 5.74) is 3.48. The molecular formula is C26H22ClFN4O5. The third-order valence-corrected chi connectivity index (χ3v) is 5.42. The van der Waals surface area contributed by atoms with Gasteiger partial charge in [0.15, 0.2) is 11.5 Å². The van der Waals surface area contributed by atoms with Gasteiger partial charge < -0.3 is 19.5 Å². The molecule has 0 spiro atoms. The monoisotopic (exact) mass is 524 g/mol. The molecule has 0 aliphatic rings. The summed E-state index contributed by atoms with van der Waals surface area (Å²) in [5.74, 6) is 0.942. The van der Waals surface area contributed by atoms with E-state index in [1.807, 2.05) is 0 Å². The van der Waals surface area contributed by atoms with Crippen molar-refractivity contribution >= 4 is 46.0 Å². The summed E-state index contributed by atoms with van der Waals surface area (Å²) in [6.07, 6.45) is 4.18. The molecule has 3 aromatic carbocycles. The molecule has 1 aromatic heterocycles. The summed E-state index contributed by atoms with van der Waals surface area (Å²) in [5, 5.41) is 12.3. The van der Waals surface area contributed by atoms with Gasteiger partial charge in [0.25, 0.3) is 5.91 Å². The van der Waals surface area contributed by atoms with Gasteiger partial charge in [-0.15, -0.1) is 0 Å². The first-order valence-electron chi connectivity index (χ1n) is 11.0. The van der Waals surface area contributed by atoms with E-state index >= 15 is 0 Å². The fourth-order valence-electron chi connectivity index (χ4n) is 3.34. The quantitative estimate of drug-likeness (QED) is 0.113. The van der Waals surface area contributed by atoms with Gasteiger partial charge in [-0.2, -0.15) is 0 Å². The van der Waals surface area contributed by atoms with Crippen LogP contribution in [0, 0.1) is 5.82 Å². The Morgan fingerprint density at radius 2 is 1.84 bits per heavy atom. The van der Waals surface area contributed by atoms with Gasteiger partial charge in [0.05, 0.1) is 17.6 Å². The zero-order valence-corrected chi connectivity index (χ0v) is 20.3. The summed E-state index contributed by atoms with van der Waals surface area (Å²) < 4.78 is 30.6. The molecule has 0 unspecified atom stereocenters. The van der Waals surface area contributed by atoms with E-state index in [4.69, 9.17) is 31.0 Å². The number of carbonyl (C=O) groups is 1. The van der Waals surface area contributed by atoms with E-state index in [0.717, 1.165) is 5.56 Å². The van der Waals surface area contributed by atoms with Crippen molar-refractivity contribution in [2.24, 2.45) is 0 Å². The third kappa shape index (κ3) is 6.63. The standard InChI is InChI=1S/C26H22ClFN4O5/c1-35-23-14-22-19(26(30-15-29-22)31-17-5-8-21(28)20(27)12-17)13-24(23)37-11-10-36-18-6-2-16(3-7-18)4-9-25(33)32-34/h2-9,12-15,34H,10-11H2,1H3,(H,32,33)(H,29,30,31). The van der Waals surface area contributed by atoms with Crippen LogP contribution in [0.2, 0.25) is 5.02 Å². The van der Waals surface area contributed by atoms with Gasteiger partial charge in [-0.05, 0) is 48.0 Å². The lowest BCUT2D eigenvalue weighted by molar-refractivity contribution is -0.124. The average molecular weight is 525 g/mol. The van der Waals surface area contributed by atoms with Crippen molar-refractivity contribution in [3.05, 3.63) is 83.4 Å². The van der Waals surface area contributed by atoms with Gasteiger partial charge in [-0.3, -0.25) is 10.0 Å². The highest BCUT2D eigenvalue weighted by molar-refractivity contribution is 6.31. The van der Waals surface area contributed by atoms with Crippen molar-refractivity contribution in [2.75, 3.05) is 25.6 Å². The molecule has 37 heavy (non-hydrogen) atoms. The Kier molecular flexibility index (Phi) is 8.34. The number of benzene rings is 3. The molecule has 0 radical (unpaired) electrons. The van der Waals surface area contributed by atoms with E-state index < -0.39 is 11.7 Å². The Labute approximate surface area is 216 Å². The van der Waals surface area contributed by atoms with Crippen LogP contribution in [0.3, 0.4) is 0 Å². The molecule has 0 bridgehead atoms. The van der Waals surface area contributed by atoms with Crippen LogP contribution < -0.4 is 25.0 Å². The van der Waals surface area contributed by atoms with Crippen LogP contribution in [-0.4, -0.2) is 41.4 Å². The maximum absolute atomic E-state index is 13.5. The second-order valence-corrected chi connectivity index (χ2v) is 7.98. The van der Waals surface area contributed by atoms with Gasteiger partial charge in [-0.1, -0.05) is 23.7 Å². The highest BCUT2D eigenvalue weighted by Gasteiger charge is 2.13. The minimum Gasteiger partial charge on any atom is -0.493 e. The fraction of sp³-hybridized carbons (Fsp3) is 0.115. The number of fused-ring (bicyclic) bond motifs is 1. The Hall–Kier alpha value is -4.41. The predicted octanol–water partition coefficient (Wildman–Crippen LogP) is 5.15. The smallest absolute Gasteiger partial charge is 0.267 e. The topological polar surface area (TPSA) is 115 Å². The van der Waals surface area contributed by atoms with Crippen LogP contribution in [-0.2, 0) is 4.79 Å². The second kappa shape index (κ2) is 12.0. The van der Waals surface area contributed by atoms with E-state index in [2.05, 4.69) is 15.3 Å². The molecule has 0 fully saturated rings. The number of hydrogen-bond acceptors (Lipinski definition) is 8. The second-order valence-electron chi connectivity index (χ2n) is 7.57. The van der Waals surface area contributed by atoms with Crippen molar-refractivity contribution in [3.63, 3.8) is 0 Å². The van der Waals surface area contributed by atoms with E-state index in [1.54, 1.807) is 48.5 Å². The molecule has 3 N–H and O–H groups in total. The molecule has 1 heterocycles. The number of rotatable bonds is 10. The lowest BCUT2D eigenvalue weighted by atomic mass is 10.2. The van der Waals surface area contributed by atoms with Crippen LogP contribution in [0.5, 0.6) is 17.2 Å². The van der Waals surface area contributed by atoms with Crippen molar-refractivity contribution in [3.8, 4) is 17.2 Å². The summed E-state index contributed by atoms with van der Waals surface area (Å²) in [4.78, 5) is 19.7. The van der Waals surface area contributed by atoms with Crippen LogP contribution in [0.15, 0.2) is 67.0 Å². The Morgan fingerprint density at radius 1 is 1.05 bits per heavy atom. The summed E-state index contributed by atoms with van der Waals surface area (Å²) >= 11 is 5.89. The molecule has 0 saturated carbocycles. The summed E-state index contributed by atoms with van der Waals surface area (Å²) in [6, 6.07) is 14.8. The molecule has 11 heteroatoms. The van der Waals surface area contributed by atoms with Crippen molar-refractivity contribution in [1.82, 2.24) is 15.4 Å².